The van der Waals surface area contributed by atoms with Crippen molar-refractivity contribution in [2.75, 3.05) is 19.0 Å². The molecule has 1 aromatic carbocycles. The van der Waals surface area contributed by atoms with Gasteiger partial charge in [-0.15, -0.1) is 0 Å². The summed E-state index contributed by atoms with van der Waals surface area (Å²) in [4.78, 5) is 30.5. The number of pyridine rings is 1. The van der Waals surface area contributed by atoms with Crippen molar-refractivity contribution in [3.63, 3.8) is 0 Å². The highest BCUT2D eigenvalue weighted by Crippen LogP contribution is 2.40. The van der Waals surface area contributed by atoms with Crippen molar-refractivity contribution in [1.29, 1.82) is 0 Å². The van der Waals surface area contributed by atoms with Crippen LogP contribution in [0.3, 0.4) is 0 Å². The molecule has 0 atom stereocenters. The van der Waals surface area contributed by atoms with Gasteiger partial charge in [-0.25, -0.2) is 4.68 Å². The molecule has 1 N–H and O–H groups in total. The van der Waals surface area contributed by atoms with Crippen molar-refractivity contribution in [3.8, 4) is 5.69 Å². The number of esters is 1. The Hall–Kier alpha value is -3.52. The summed E-state index contributed by atoms with van der Waals surface area (Å²) < 4.78 is 12.6. The first kappa shape index (κ1) is 24.6. The molecule has 1 amide bonds. The second kappa shape index (κ2) is 10.4. The average molecular weight is 477 g/mol. The van der Waals surface area contributed by atoms with E-state index in [9.17, 15) is 9.59 Å². The largest absolute Gasteiger partial charge is 0.465 e. The van der Waals surface area contributed by atoms with E-state index in [0.29, 0.717) is 36.4 Å². The normalized spacial score (nSPS) is 19.8. The maximum absolute atomic E-state index is 13.0. The first-order valence-corrected chi connectivity index (χ1v) is 12.0. The van der Waals surface area contributed by atoms with E-state index in [1.807, 2.05) is 44.2 Å². The van der Waals surface area contributed by atoms with E-state index in [-0.39, 0.29) is 18.0 Å². The number of carbonyl (C=O) groups excluding carboxylic acids is 2. The molecule has 0 saturated heterocycles. The van der Waals surface area contributed by atoms with Crippen molar-refractivity contribution in [1.82, 2.24) is 14.8 Å². The first-order chi connectivity index (χ1) is 16.9. The fourth-order valence-electron chi connectivity index (χ4n) is 4.68. The summed E-state index contributed by atoms with van der Waals surface area (Å²) in [6.07, 6.45) is 6.05. The third-order valence-electron chi connectivity index (χ3n) is 6.83. The molecule has 2 heterocycles. The van der Waals surface area contributed by atoms with Crippen molar-refractivity contribution in [2.24, 2.45) is 0 Å². The summed E-state index contributed by atoms with van der Waals surface area (Å²) in [6.45, 7) is 6.01. The van der Waals surface area contributed by atoms with Crippen LogP contribution in [0.25, 0.3) is 5.69 Å². The molecule has 0 aliphatic heterocycles. The van der Waals surface area contributed by atoms with Crippen molar-refractivity contribution in [2.45, 2.75) is 58.0 Å². The highest BCUT2D eigenvalue weighted by atomic mass is 16.5. The van der Waals surface area contributed by atoms with E-state index in [2.05, 4.69) is 15.4 Å². The molecule has 0 unspecified atom stereocenters. The molecule has 8 nitrogen and oxygen atoms in total. The topological polar surface area (TPSA) is 95.3 Å². The number of aryl methyl sites for hydroxylation is 1. The SMILES string of the molecule is CCOC(=O)C1(c2ccc(NC(=O)c3cnn(-c4ccc(C)cc4)c3C)cn2)CCC(OC)CC1. The molecular formula is C27H32N4O4. The molecule has 0 spiro atoms. The molecule has 0 bridgehead atoms. The molecule has 1 saturated carbocycles. The fraction of sp³-hybridized carbons (Fsp3) is 0.407. The molecule has 8 heteroatoms. The zero-order chi connectivity index (χ0) is 25.0. The highest BCUT2D eigenvalue weighted by Gasteiger charge is 2.45. The number of hydrogen-bond donors (Lipinski definition) is 1. The van der Waals surface area contributed by atoms with Crippen LogP contribution in [0.2, 0.25) is 0 Å². The predicted octanol–water partition coefficient (Wildman–Crippen LogP) is 4.53. The van der Waals surface area contributed by atoms with E-state index in [1.165, 1.54) is 0 Å². The average Bonchev–Trinajstić information content (AvgIpc) is 3.26. The van der Waals surface area contributed by atoms with Gasteiger partial charge in [0.25, 0.3) is 5.91 Å². The third kappa shape index (κ3) is 4.98. The lowest BCUT2D eigenvalue weighted by atomic mass is 9.70. The first-order valence-electron chi connectivity index (χ1n) is 12.0. The molecule has 4 rings (SSSR count). The number of aromatic nitrogens is 3. The maximum Gasteiger partial charge on any atom is 0.318 e. The number of amides is 1. The van der Waals surface area contributed by atoms with Crippen LogP contribution in [-0.4, -0.2) is 46.5 Å². The molecule has 1 fully saturated rings. The van der Waals surface area contributed by atoms with Crippen molar-refractivity contribution in [3.05, 3.63) is 71.3 Å². The van der Waals surface area contributed by atoms with Gasteiger partial charge in [-0.05, 0) is 70.7 Å². The molecule has 35 heavy (non-hydrogen) atoms. The van der Waals surface area contributed by atoms with Crippen LogP contribution in [-0.2, 0) is 19.7 Å². The van der Waals surface area contributed by atoms with Crippen LogP contribution in [0.15, 0.2) is 48.8 Å². The zero-order valence-corrected chi connectivity index (χ0v) is 20.7. The molecule has 184 valence electrons. The Kier molecular flexibility index (Phi) is 7.31. The lowest BCUT2D eigenvalue weighted by Gasteiger charge is -2.37. The van der Waals surface area contributed by atoms with Gasteiger partial charge in [0, 0.05) is 7.11 Å². The molecule has 1 aliphatic rings. The predicted molar refractivity (Wildman–Crippen MR) is 133 cm³/mol. The van der Waals surface area contributed by atoms with Gasteiger partial charge in [-0.3, -0.25) is 14.6 Å². The monoisotopic (exact) mass is 476 g/mol. The number of benzene rings is 1. The van der Waals surface area contributed by atoms with Crippen molar-refractivity contribution < 1.29 is 19.1 Å². The Labute approximate surface area is 205 Å². The minimum atomic E-state index is -0.792. The minimum Gasteiger partial charge on any atom is -0.465 e. The number of ether oxygens (including phenoxy) is 2. The summed E-state index contributed by atoms with van der Waals surface area (Å²) in [5.41, 5.74) is 3.69. The number of methoxy groups -OCH3 is 1. The quantitative estimate of drug-likeness (QED) is 0.504. The third-order valence-corrected chi connectivity index (χ3v) is 6.83. The van der Waals surface area contributed by atoms with Crippen LogP contribution in [0.4, 0.5) is 5.69 Å². The van der Waals surface area contributed by atoms with Gasteiger partial charge < -0.3 is 14.8 Å². The summed E-state index contributed by atoms with van der Waals surface area (Å²) in [7, 11) is 1.70. The Balaban J connectivity index is 1.51. The summed E-state index contributed by atoms with van der Waals surface area (Å²) in [6, 6.07) is 11.5. The van der Waals surface area contributed by atoms with E-state index in [0.717, 1.165) is 29.8 Å². The van der Waals surface area contributed by atoms with E-state index < -0.39 is 5.41 Å². The van der Waals surface area contributed by atoms with Gasteiger partial charge >= 0.3 is 5.97 Å². The number of anilines is 1. The highest BCUT2D eigenvalue weighted by molar-refractivity contribution is 6.04. The Bertz CT molecular complexity index is 1180. The van der Waals surface area contributed by atoms with Gasteiger partial charge in [0.2, 0.25) is 0 Å². The van der Waals surface area contributed by atoms with Gasteiger partial charge in [0.05, 0.1) is 53.4 Å². The summed E-state index contributed by atoms with van der Waals surface area (Å²) in [5, 5.41) is 7.29. The van der Waals surface area contributed by atoms with E-state index in [1.54, 1.807) is 37.2 Å². The minimum absolute atomic E-state index is 0.139. The van der Waals surface area contributed by atoms with Gasteiger partial charge in [-0.1, -0.05) is 17.7 Å². The molecule has 1 aliphatic carbocycles. The zero-order valence-electron chi connectivity index (χ0n) is 20.7. The standard InChI is InChI=1S/C27H32N4O4/c1-5-35-26(33)27(14-12-22(34-4)13-15-27)24-11-8-20(16-28-24)30-25(32)23-17-29-31(19(23)3)21-9-6-18(2)7-10-21/h6-11,16-17,22H,5,12-15H2,1-4H3,(H,30,32). The Morgan fingerprint density at radius 3 is 2.40 bits per heavy atom. The number of rotatable bonds is 7. The second-order valence-corrected chi connectivity index (χ2v) is 9.01. The van der Waals surface area contributed by atoms with Crippen molar-refractivity contribution >= 4 is 17.6 Å². The van der Waals surface area contributed by atoms with Gasteiger partial charge in [0.15, 0.2) is 0 Å². The number of carbonyl (C=O) groups is 2. The number of hydrogen-bond acceptors (Lipinski definition) is 6. The van der Waals surface area contributed by atoms with Crippen LogP contribution < -0.4 is 5.32 Å². The molecular weight excluding hydrogens is 444 g/mol. The molecule has 0 radical (unpaired) electrons. The maximum atomic E-state index is 13.0. The summed E-state index contributed by atoms with van der Waals surface area (Å²) in [5.74, 6) is -0.519. The van der Waals surface area contributed by atoms with Gasteiger partial charge in [-0.2, -0.15) is 5.10 Å². The lowest BCUT2D eigenvalue weighted by Crippen LogP contribution is -2.43. The van der Waals surface area contributed by atoms with Crippen LogP contribution in [0, 0.1) is 13.8 Å². The molecule has 2 aromatic heterocycles. The number of nitrogens with zero attached hydrogens (tertiary/aromatic N) is 3. The summed E-state index contributed by atoms with van der Waals surface area (Å²) >= 11 is 0. The van der Waals surface area contributed by atoms with Crippen LogP contribution in [0.5, 0.6) is 0 Å². The second-order valence-electron chi connectivity index (χ2n) is 9.01. The van der Waals surface area contributed by atoms with Crippen LogP contribution in [0.1, 0.15) is 59.9 Å². The van der Waals surface area contributed by atoms with Gasteiger partial charge in [0.1, 0.15) is 5.41 Å². The van der Waals surface area contributed by atoms with Crippen LogP contribution >= 0.6 is 0 Å². The van der Waals surface area contributed by atoms with E-state index in [4.69, 9.17) is 9.47 Å². The molecule has 3 aromatic rings. The fourth-order valence-corrected chi connectivity index (χ4v) is 4.68. The smallest absolute Gasteiger partial charge is 0.318 e. The Morgan fingerprint density at radius 2 is 1.80 bits per heavy atom. The number of nitrogens with one attached hydrogen (secondary N) is 1. The van der Waals surface area contributed by atoms with E-state index >= 15 is 0 Å². The lowest BCUT2D eigenvalue weighted by molar-refractivity contribution is -0.153. The Morgan fingerprint density at radius 1 is 1.09 bits per heavy atom.